The maximum Gasteiger partial charge on any atom is 0.306 e. The van der Waals surface area contributed by atoms with Crippen molar-refractivity contribution < 1.29 is 14.3 Å². The number of hydrogen-bond acceptors (Lipinski definition) is 3. The lowest BCUT2D eigenvalue weighted by atomic mass is 10.1. The molecule has 0 bridgehead atoms. The summed E-state index contributed by atoms with van der Waals surface area (Å²) in [6, 6.07) is 0. The van der Waals surface area contributed by atoms with Crippen LogP contribution < -0.4 is 5.73 Å². The highest BCUT2D eigenvalue weighted by molar-refractivity contribution is 5.81. The second kappa shape index (κ2) is 12.0. The molecular weight excluding hydrogens is 242 g/mol. The molecule has 0 aliphatic rings. The summed E-state index contributed by atoms with van der Waals surface area (Å²) < 4.78 is 4.87. The quantitative estimate of drug-likeness (QED) is 0.437. The molecule has 0 saturated heterocycles. The van der Waals surface area contributed by atoms with Gasteiger partial charge in [0.1, 0.15) is 0 Å². The Labute approximate surface area is 117 Å². The van der Waals surface area contributed by atoms with Crippen molar-refractivity contribution in [1.29, 1.82) is 0 Å². The van der Waals surface area contributed by atoms with Gasteiger partial charge in [0.2, 0.25) is 0 Å². The van der Waals surface area contributed by atoms with Gasteiger partial charge in [-0.25, -0.2) is 0 Å². The van der Waals surface area contributed by atoms with Gasteiger partial charge in [0.25, 0.3) is 5.91 Å². The number of amides is 1. The molecule has 0 rings (SSSR count). The zero-order valence-corrected chi connectivity index (χ0v) is 12.5. The first-order valence-electron chi connectivity index (χ1n) is 7.56. The van der Waals surface area contributed by atoms with Gasteiger partial charge in [0.15, 0.2) is 6.10 Å². The molecule has 0 aromatic heterocycles. The minimum absolute atomic E-state index is 0.325. The summed E-state index contributed by atoms with van der Waals surface area (Å²) in [5.41, 5.74) is 5.01. The van der Waals surface area contributed by atoms with E-state index in [0.29, 0.717) is 6.42 Å². The molecule has 19 heavy (non-hydrogen) atoms. The normalized spacial score (nSPS) is 12.1. The summed E-state index contributed by atoms with van der Waals surface area (Å²) >= 11 is 0. The van der Waals surface area contributed by atoms with E-state index in [1.807, 2.05) is 0 Å². The predicted octanol–water partition coefficient (Wildman–Crippen LogP) is 3.32. The highest BCUT2D eigenvalue weighted by Crippen LogP contribution is 2.11. The van der Waals surface area contributed by atoms with Crippen LogP contribution in [0.2, 0.25) is 0 Å². The Hall–Kier alpha value is -1.06. The average molecular weight is 271 g/mol. The second-order valence-electron chi connectivity index (χ2n) is 5.11. The van der Waals surface area contributed by atoms with E-state index in [1.54, 1.807) is 0 Å². The van der Waals surface area contributed by atoms with Crippen LogP contribution in [0.3, 0.4) is 0 Å². The monoisotopic (exact) mass is 271 g/mol. The number of unbranched alkanes of at least 4 members (excludes halogenated alkanes) is 8. The van der Waals surface area contributed by atoms with Gasteiger partial charge in [-0.15, -0.1) is 0 Å². The first-order valence-corrected chi connectivity index (χ1v) is 7.56. The molecule has 0 unspecified atom stereocenters. The van der Waals surface area contributed by atoms with E-state index in [1.165, 1.54) is 51.9 Å². The molecule has 112 valence electrons. The van der Waals surface area contributed by atoms with Crippen molar-refractivity contribution in [2.24, 2.45) is 5.73 Å². The zero-order chi connectivity index (χ0) is 14.5. The van der Waals surface area contributed by atoms with Gasteiger partial charge < -0.3 is 10.5 Å². The van der Waals surface area contributed by atoms with Crippen molar-refractivity contribution >= 4 is 11.9 Å². The fraction of sp³-hybridized carbons (Fsp3) is 0.867. The van der Waals surface area contributed by atoms with Crippen molar-refractivity contribution in [2.75, 3.05) is 0 Å². The number of carbonyl (C=O) groups excluding carboxylic acids is 2. The van der Waals surface area contributed by atoms with E-state index in [0.717, 1.165) is 12.8 Å². The fourth-order valence-corrected chi connectivity index (χ4v) is 1.89. The highest BCUT2D eigenvalue weighted by atomic mass is 16.5. The third-order valence-corrected chi connectivity index (χ3v) is 3.19. The zero-order valence-electron chi connectivity index (χ0n) is 12.5. The van der Waals surface area contributed by atoms with E-state index >= 15 is 0 Å². The SMILES string of the molecule is CCCCCCCCCCCC(=O)O[C@@H](C)C(N)=O. The van der Waals surface area contributed by atoms with Crippen molar-refractivity contribution in [2.45, 2.75) is 84.2 Å². The topological polar surface area (TPSA) is 69.4 Å². The van der Waals surface area contributed by atoms with Crippen LogP contribution in [0.15, 0.2) is 0 Å². The molecule has 0 heterocycles. The number of nitrogens with two attached hydrogens (primary N) is 1. The Morgan fingerprint density at radius 1 is 0.947 bits per heavy atom. The molecule has 1 amide bonds. The van der Waals surface area contributed by atoms with Crippen molar-refractivity contribution in [1.82, 2.24) is 0 Å². The number of ether oxygens (including phenoxy) is 1. The molecule has 4 nitrogen and oxygen atoms in total. The van der Waals surface area contributed by atoms with Crippen LogP contribution in [0, 0.1) is 0 Å². The maximum absolute atomic E-state index is 11.3. The Bertz CT molecular complexity index is 254. The van der Waals surface area contributed by atoms with E-state index in [4.69, 9.17) is 10.5 Å². The molecule has 0 aromatic rings. The summed E-state index contributed by atoms with van der Waals surface area (Å²) in [5.74, 6) is -0.922. The number of carbonyl (C=O) groups is 2. The summed E-state index contributed by atoms with van der Waals surface area (Å²) in [7, 11) is 0. The highest BCUT2D eigenvalue weighted by Gasteiger charge is 2.13. The predicted molar refractivity (Wildman–Crippen MR) is 76.6 cm³/mol. The van der Waals surface area contributed by atoms with E-state index < -0.39 is 12.0 Å². The maximum atomic E-state index is 11.3. The van der Waals surface area contributed by atoms with Gasteiger partial charge in [-0.2, -0.15) is 0 Å². The summed E-state index contributed by atoms with van der Waals surface area (Å²) in [4.78, 5) is 22.0. The van der Waals surface area contributed by atoms with E-state index in [2.05, 4.69) is 6.92 Å². The largest absolute Gasteiger partial charge is 0.453 e. The van der Waals surface area contributed by atoms with Gasteiger partial charge in [-0.05, 0) is 13.3 Å². The Kier molecular flexibility index (Phi) is 11.3. The molecule has 0 saturated carbocycles. The lowest BCUT2D eigenvalue weighted by Crippen LogP contribution is -2.30. The van der Waals surface area contributed by atoms with Crippen LogP contribution in [0.5, 0.6) is 0 Å². The molecule has 0 spiro atoms. The van der Waals surface area contributed by atoms with Gasteiger partial charge in [0, 0.05) is 6.42 Å². The van der Waals surface area contributed by atoms with Crippen LogP contribution >= 0.6 is 0 Å². The standard InChI is InChI=1S/C15H29NO3/c1-3-4-5-6-7-8-9-10-11-12-14(17)19-13(2)15(16)18/h13H,3-12H2,1-2H3,(H2,16,18)/t13-/m0/s1. The lowest BCUT2D eigenvalue weighted by Gasteiger charge is -2.09. The fourth-order valence-electron chi connectivity index (χ4n) is 1.89. The van der Waals surface area contributed by atoms with Crippen LogP contribution in [0.4, 0.5) is 0 Å². The minimum atomic E-state index is -0.814. The molecule has 2 N–H and O–H groups in total. The third kappa shape index (κ3) is 11.7. The number of primary amides is 1. The van der Waals surface area contributed by atoms with Crippen molar-refractivity contribution in [3.05, 3.63) is 0 Å². The number of rotatable bonds is 12. The van der Waals surface area contributed by atoms with E-state index in [-0.39, 0.29) is 5.97 Å². The van der Waals surface area contributed by atoms with Crippen molar-refractivity contribution in [3.8, 4) is 0 Å². The summed E-state index contributed by atoms with van der Waals surface area (Å²) in [6.45, 7) is 3.72. The van der Waals surface area contributed by atoms with Gasteiger partial charge in [0.05, 0.1) is 0 Å². The first-order chi connectivity index (χ1) is 9.07. The van der Waals surface area contributed by atoms with E-state index in [9.17, 15) is 9.59 Å². The average Bonchev–Trinajstić information content (AvgIpc) is 2.36. The lowest BCUT2D eigenvalue weighted by molar-refractivity contribution is -0.153. The number of esters is 1. The second-order valence-corrected chi connectivity index (χ2v) is 5.11. The smallest absolute Gasteiger partial charge is 0.306 e. The van der Waals surface area contributed by atoms with Gasteiger partial charge in [-0.3, -0.25) is 9.59 Å². The van der Waals surface area contributed by atoms with Crippen LogP contribution in [0.25, 0.3) is 0 Å². The van der Waals surface area contributed by atoms with Crippen LogP contribution in [-0.4, -0.2) is 18.0 Å². The van der Waals surface area contributed by atoms with Crippen LogP contribution in [0.1, 0.15) is 78.1 Å². The molecule has 1 atom stereocenters. The Morgan fingerprint density at radius 2 is 1.42 bits per heavy atom. The molecular formula is C15H29NO3. The Balaban J connectivity index is 3.30. The molecule has 4 heteroatoms. The minimum Gasteiger partial charge on any atom is -0.453 e. The number of hydrogen-bond donors (Lipinski definition) is 1. The summed E-state index contributed by atoms with van der Waals surface area (Å²) in [5, 5.41) is 0. The van der Waals surface area contributed by atoms with Gasteiger partial charge in [-0.1, -0.05) is 58.3 Å². The molecule has 0 aliphatic carbocycles. The van der Waals surface area contributed by atoms with Crippen molar-refractivity contribution in [3.63, 3.8) is 0 Å². The van der Waals surface area contributed by atoms with Gasteiger partial charge >= 0.3 is 5.97 Å². The van der Waals surface area contributed by atoms with Crippen LogP contribution in [-0.2, 0) is 14.3 Å². The molecule has 0 radical (unpaired) electrons. The third-order valence-electron chi connectivity index (χ3n) is 3.19. The molecule has 0 fully saturated rings. The Morgan fingerprint density at radius 3 is 1.89 bits per heavy atom. The summed E-state index contributed by atoms with van der Waals surface area (Å²) in [6.07, 6.45) is 10.5. The molecule has 0 aliphatic heterocycles. The first kappa shape index (κ1) is 17.9. The molecule has 0 aromatic carbocycles.